The van der Waals surface area contributed by atoms with Crippen molar-refractivity contribution in [2.24, 2.45) is 5.73 Å². The average molecular weight is 389 g/mol. The predicted octanol–water partition coefficient (Wildman–Crippen LogP) is 4.12. The third-order valence-corrected chi connectivity index (χ3v) is 6.44. The van der Waals surface area contributed by atoms with Gasteiger partial charge in [-0.15, -0.1) is 11.3 Å². The summed E-state index contributed by atoms with van der Waals surface area (Å²) in [4.78, 5) is 23.8. The van der Waals surface area contributed by atoms with Crippen LogP contribution in [0.25, 0.3) is 0 Å². The molecule has 27 heavy (non-hydrogen) atoms. The van der Waals surface area contributed by atoms with E-state index in [1.807, 2.05) is 0 Å². The molecular formula is C20H28N4O2S. The van der Waals surface area contributed by atoms with E-state index in [2.05, 4.69) is 37.6 Å². The fraction of sp³-hybridized carbons (Fsp3) is 0.550. The number of aromatic nitrogens is 2. The van der Waals surface area contributed by atoms with E-state index in [0.29, 0.717) is 0 Å². The van der Waals surface area contributed by atoms with Crippen LogP contribution in [0.2, 0.25) is 0 Å². The van der Waals surface area contributed by atoms with Crippen molar-refractivity contribution in [2.45, 2.75) is 64.3 Å². The van der Waals surface area contributed by atoms with Crippen molar-refractivity contribution in [3.63, 3.8) is 0 Å². The Balaban J connectivity index is 1.99. The Morgan fingerprint density at radius 3 is 2.70 bits per heavy atom. The van der Waals surface area contributed by atoms with E-state index in [0.717, 1.165) is 48.9 Å². The molecule has 2 aromatic rings. The standard InChI is InChI=1S/C20H28N4O2S/c1-5-6-9-24(15-8-7-13(11-22-15)17(25)26)18-23-14-10-20(4,21)12-19(2,3)16(14)27-18/h7-8,11H,5-6,9-10,12,21H2,1-4H3,(H,25,26). The van der Waals surface area contributed by atoms with Crippen LogP contribution < -0.4 is 10.6 Å². The zero-order valence-electron chi connectivity index (χ0n) is 16.5. The van der Waals surface area contributed by atoms with E-state index in [9.17, 15) is 4.79 Å². The number of hydrogen-bond donors (Lipinski definition) is 2. The number of hydrogen-bond acceptors (Lipinski definition) is 6. The molecule has 0 aliphatic heterocycles. The summed E-state index contributed by atoms with van der Waals surface area (Å²) in [7, 11) is 0. The van der Waals surface area contributed by atoms with Crippen LogP contribution in [0.3, 0.4) is 0 Å². The first-order valence-corrected chi connectivity index (χ1v) is 10.2. The van der Waals surface area contributed by atoms with Crippen molar-refractivity contribution in [1.82, 2.24) is 9.97 Å². The van der Waals surface area contributed by atoms with Crippen LogP contribution in [0.4, 0.5) is 10.9 Å². The molecule has 0 amide bonds. The minimum Gasteiger partial charge on any atom is -0.478 e. The number of carboxylic acid groups (broad SMARTS) is 1. The van der Waals surface area contributed by atoms with E-state index >= 15 is 0 Å². The lowest BCUT2D eigenvalue weighted by molar-refractivity contribution is 0.0696. The summed E-state index contributed by atoms with van der Waals surface area (Å²) in [6, 6.07) is 3.36. The van der Waals surface area contributed by atoms with Gasteiger partial charge in [-0.3, -0.25) is 0 Å². The number of anilines is 2. The fourth-order valence-electron chi connectivity index (χ4n) is 3.93. The van der Waals surface area contributed by atoms with Gasteiger partial charge in [0.1, 0.15) is 5.82 Å². The van der Waals surface area contributed by atoms with Crippen molar-refractivity contribution < 1.29 is 9.90 Å². The minimum atomic E-state index is -0.970. The molecule has 1 atom stereocenters. The Bertz CT molecular complexity index is 827. The average Bonchev–Trinajstić information content (AvgIpc) is 2.98. The molecule has 1 aliphatic rings. The number of rotatable bonds is 6. The SMILES string of the molecule is CCCCN(c1ccc(C(=O)O)cn1)c1nc2c(s1)C(C)(C)CC(C)(N)C2. The smallest absolute Gasteiger partial charge is 0.337 e. The molecule has 0 fully saturated rings. The zero-order valence-corrected chi connectivity index (χ0v) is 17.3. The summed E-state index contributed by atoms with van der Waals surface area (Å²) in [6.07, 6.45) is 5.17. The maximum atomic E-state index is 11.1. The van der Waals surface area contributed by atoms with Crippen molar-refractivity contribution >= 4 is 28.3 Å². The Hall–Kier alpha value is -1.99. The molecule has 0 spiro atoms. The van der Waals surface area contributed by atoms with Gasteiger partial charge in [0.05, 0.1) is 11.3 Å². The second kappa shape index (κ2) is 7.20. The minimum absolute atomic E-state index is 0.00990. The lowest BCUT2D eigenvalue weighted by Gasteiger charge is -2.39. The number of unbranched alkanes of at least 4 members (excludes halogenated alkanes) is 1. The molecule has 6 nitrogen and oxygen atoms in total. The third kappa shape index (κ3) is 4.14. The van der Waals surface area contributed by atoms with Crippen LogP contribution in [0.15, 0.2) is 18.3 Å². The Morgan fingerprint density at radius 1 is 1.37 bits per heavy atom. The van der Waals surface area contributed by atoms with Crippen molar-refractivity contribution in [3.05, 3.63) is 34.5 Å². The number of aromatic carboxylic acids is 1. The van der Waals surface area contributed by atoms with Crippen LogP contribution in [-0.2, 0) is 11.8 Å². The molecule has 0 radical (unpaired) electrons. The number of nitrogens with zero attached hydrogens (tertiary/aromatic N) is 3. The van der Waals surface area contributed by atoms with Crippen LogP contribution in [-0.4, -0.2) is 33.1 Å². The lowest BCUT2D eigenvalue weighted by atomic mass is 9.71. The van der Waals surface area contributed by atoms with Gasteiger partial charge < -0.3 is 15.7 Å². The molecule has 146 valence electrons. The zero-order chi connectivity index (χ0) is 19.8. The molecule has 1 aliphatic carbocycles. The predicted molar refractivity (Wildman–Crippen MR) is 109 cm³/mol. The van der Waals surface area contributed by atoms with Gasteiger partial charge >= 0.3 is 5.97 Å². The molecule has 2 heterocycles. The highest BCUT2D eigenvalue weighted by atomic mass is 32.1. The normalized spacial score (nSPS) is 20.9. The Morgan fingerprint density at radius 2 is 2.11 bits per heavy atom. The van der Waals surface area contributed by atoms with Crippen molar-refractivity contribution in [2.75, 3.05) is 11.4 Å². The van der Waals surface area contributed by atoms with Crippen molar-refractivity contribution in [3.8, 4) is 0 Å². The quantitative estimate of drug-likeness (QED) is 0.773. The summed E-state index contributed by atoms with van der Waals surface area (Å²) in [5.74, 6) is -0.240. The lowest BCUT2D eigenvalue weighted by Crippen LogP contribution is -2.47. The van der Waals surface area contributed by atoms with E-state index in [-0.39, 0.29) is 16.5 Å². The first kappa shape index (κ1) is 19.8. The summed E-state index contributed by atoms with van der Waals surface area (Å²) in [6.45, 7) is 9.50. The molecule has 0 aromatic carbocycles. The molecule has 7 heteroatoms. The summed E-state index contributed by atoms with van der Waals surface area (Å²) in [5, 5.41) is 10.0. The molecular weight excluding hydrogens is 360 g/mol. The van der Waals surface area contributed by atoms with Gasteiger partial charge in [0, 0.05) is 35.0 Å². The highest BCUT2D eigenvalue weighted by molar-refractivity contribution is 7.16. The van der Waals surface area contributed by atoms with Gasteiger partial charge in [-0.25, -0.2) is 14.8 Å². The topological polar surface area (TPSA) is 92.3 Å². The maximum absolute atomic E-state index is 11.1. The first-order valence-electron chi connectivity index (χ1n) is 9.39. The maximum Gasteiger partial charge on any atom is 0.337 e. The van der Waals surface area contributed by atoms with E-state index in [1.54, 1.807) is 23.5 Å². The Labute approximate surface area is 164 Å². The number of nitrogens with two attached hydrogens (primary N) is 1. The van der Waals surface area contributed by atoms with Crippen LogP contribution in [0, 0.1) is 0 Å². The Kier molecular flexibility index (Phi) is 5.27. The number of fused-ring (bicyclic) bond motifs is 1. The first-order chi connectivity index (χ1) is 12.6. The molecule has 2 aromatic heterocycles. The van der Waals surface area contributed by atoms with Crippen molar-refractivity contribution in [1.29, 1.82) is 0 Å². The van der Waals surface area contributed by atoms with Crippen LogP contribution in [0.5, 0.6) is 0 Å². The van der Waals surface area contributed by atoms with Gasteiger partial charge in [-0.1, -0.05) is 27.2 Å². The van der Waals surface area contributed by atoms with Crippen LogP contribution >= 0.6 is 11.3 Å². The highest BCUT2D eigenvalue weighted by Gasteiger charge is 2.41. The molecule has 0 saturated heterocycles. The van der Waals surface area contributed by atoms with Gasteiger partial charge in [-0.2, -0.15) is 0 Å². The molecule has 0 saturated carbocycles. The number of pyridine rings is 1. The fourth-order valence-corrected chi connectivity index (χ4v) is 5.15. The van der Waals surface area contributed by atoms with E-state index in [4.69, 9.17) is 15.8 Å². The number of carbonyl (C=O) groups is 1. The second-order valence-corrected chi connectivity index (χ2v) is 9.36. The second-order valence-electron chi connectivity index (χ2n) is 8.38. The molecule has 3 rings (SSSR count). The van der Waals surface area contributed by atoms with E-state index < -0.39 is 5.97 Å². The van der Waals surface area contributed by atoms with Crippen LogP contribution in [0.1, 0.15) is 67.9 Å². The molecule has 3 N–H and O–H groups in total. The van der Waals surface area contributed by atoms with E-state index in [1.165, 1.54) is 11.1 Å². The highest BCUT2D eigenvalue weighted by Crippen LogP contribution is 2.46. The summed E-state index contributed by atoms with van der Waals surface area (Å²) in [5.41, 5.74) is 7.48. The summed E-state index contributed by atoms with van der Waals surface area (Å²) < 4.78 is 0. The van der Waals surface area contributed by atoms with Gasteiger partial charge in [-0.05, 0) is 31.9 Å². The molecule has 1 unspecified atom stereocenters. The summed E-state index contributed by atoms with van der Waals surface area (Å²) >= 11 is 1.71. The van der Waals surface area contributed by atoms with Gasteiger partial charge in [0.25, 0.3) is 0 Å². The number of carboxylic acids is 1. The third-order valence-electron chi connectivity index (χ3n) is 4.96. The largest absolute Gasteiger partial charge is 0.478 e. The van der Waals surface area contributed by atoms with Gasteiger partial charge in [0.2, 0.25) is 0 Å². The van der Waals surface area contributed by atoms with Gasteiger partial charge in [0.15, 0.2) is 5.13 Å². The number of thiazole rings is 1. The monoisotopic (exact) mass is 388 g/mol. The molecule has 0 bridgehead atoms.